The van der Waals surface area contributed by atoms with E-state index in [9.17, 15) is 10.1 Å². The molecule has 0 aromatic heterocycles. The van der Waals surface area contributed by atoms with Crippen LogP contribution in [-0.4, -0.2) is 11.0 Å². The van der Waals surface area contributed by atoms with Gasteiger partial charge in [0.2, 0.25) is 0 Å². The van der Waals surface area contributed by atoms with Crippen molar-refractivity contribution in [3.05, 3.63) is 28.3 Å². The third-order valence-corrected chi connectivity index (χ3v) is 2.29. The van der Waals surface area contributed by atoms with Gasteiger partial charge in [-0.1, -0.05) is 13.3 Å². The molecule has 0 amide bonds. The second-order valence-corrected chi connectivity index (χ2v) is 3.90. The van der Waals surface area contributed by atoms with Gasteiger partial charge in [0.25, 0.3) is 5.69 Å². The van der Waals surface area contributed by atoms with Crippen molar-refractivity contribution in [3.8, 4) is 0 Å². The molecule has 0 aliphatic carbocycles. The molecule has 0 aliphatic heterocycles. The largest absolute Gasteiger partial charge is 0.398 e. The molecule has 1 rings (SSSR count). The molecule has 3 N–H and O–H groups in total. The van der Waals surface area contributed by atoms with E-state index in [1.807, 2.05) is 6.92 Å². The topological polar surface area (TPSA) is 81.2 Å². The Bertz CT molecular complexity index is 379. The second kappa shape index (κ2) is 5.34. The lowest BCUT2D eigenvalue weighted by molar-refractivity contribution is -0.384. The first-order valence-electron chi connectivity index (χ1n) is 5.34. The van der Waals surface area contributed by atoms with E-state index in [2.05, 4.69) is 12.2 Å². The van der Waals surface area contributed by atoms with Gasteiger partial charge in [-0.05, 0) is 19.4 Å². The minimum atomic E-state index is -0.438. The van der Waals surface area contributed by atoms with Crippen molar-refractivity contribution in [3.63, 3.8) is 0 Å². The number of nitrogens with zero attached hydrogens (tertiary/aromatic N) is 1. The summed E-state index contributed by atoms with van der Waals surface area (Å²) < 4.78 is 0. The van der Waals surface area contributed by atoms with E-state index < -0.39 is 4.92 Å². The van der Waals surface area contributed by atoms with Gasteiger partial charge in [0.15, 0.2) is 0 Å². The Labute approximate surface area is 94.8 Å². The molecule has 16 heavy (non-hydrogen) atoms. The van der Waals surface area contributed by atoms with Crippen molar-refractivity contribution >= 4 is 17.1 Å². The number of hydrogen-bond donors (Lipinski definition) is 2. The molecule has 1 aromatic rings. The lowest BCUT2D eigenvalue weighted by Crippen LogP contribution is -2.14. The first-order valence-corrected chi connectivity index (χ1v) is 5.34. The van der Waals surface area contributed by atoms with Crippen molar-refractivity contribution in [1.82, 2.24) is 0 Å². The third-order valence-electron chi connectivity index (χ3n) is 2.29. The average Bonchev–Trinajstić information content (AvgIpc) is 2.16. The van der Waals surface area contributed by atoms with Gasteiger partial charge in [-0.15, -0.1) is 0 Å². The van der Waals surface area contributed by atoms with E-state index in [4.69, 9.17) is 5.73 Å². The van der Waals surface area contributed by atoms with E-state index in [1.165, 1.54) is 12.1 Å². The van der Waals surface area contributed by atoms with Gasteiger partial charge in [0.05, 0.1) is 4.92 Å². The number of nitro benzene ring substituents is 1. The summed E-state index contributed by atoms with van der Waals surface area (Å²) in [5, 5.41) is 13.8. The summed E-state index contributed by atoms with van der Waals surface area (Å²) >= 11 is 0. The number of nitrogens with one attached hydrogen (secondary N) is 1. The highest BCUT2D eigenvalue weighted by atomic mass is 16.6. The summed E-state index contributed by atoms with van der Waals surface area (Å²) in [5.41, 5.74) is 6.73. The number of rotatable bonds is 5. The summed E-state index contributed by atoms with van der Waals surface area (Å²) in [6.45, 7) is 4.14. The van der Waals surface area contributed by atoms with Crippen LogP contribution in [0.5, 0.6) is 0 Å². The first-order chi connectivity index (χ1) is 7.52. The summed E-state index contributed by atoms with van der Waals surface area (Å²) in [4.78, 5) is 10.2. The van der Waals surface area contributed by atoms with Crippen molar-refractivity contribution in [2.24, 2.45) is 0 Å². The maximum Gasteiger partial charge on any atom is 0.273 e. The van der Waals surface area contributed by atoms with Gasteiger partial charge in [-0.25, -0.2) is 0 Å². The zero-order valence-electron chi connectivity index (χ0n) is 9.56. The maximum atomic E-state index is 10.6. The van der Waals surface area contributed by atoms with E-state index >= 15 is 0 Å². The molecular weight excluding hydrogens is 206 g/mol. The van der Waals surface area contributed by atoms with Crippen molar-refractivity contribution in [2.75, 3.05) is 11.1 Å². The molecule has 0 bridgehead atoms. The maximum absolute atomic E-state index is 10.6. The van der Waals surface area contributed by atoms with Crippen molar-refractivity contribution in [2.45, 2.75) is 32.7 Å². The highest BCUT2D eigenvalue weighted by Crippen LogP contribution is 2.23. The molecule has 0 radical (unpaired) electrons. The number of benzene rings is 1. The Morgan fingerprint density at radius 1 is 1.50 bits per heavy atom. The molecule has 5 heteroatoms. The molecule has 1 unspecified atom stereocenters. The molecule has 0 saturated carbocycles. The van der Waals surface area contributed by atoms with Gasteiger partial charge in [-0.3, -0.25) is 10.1 Å². The fourth-order valence-electron chi connectivity index (χ4n) is 1.61. The molecule has 88 valence electrons. The van der Waals surface area contributed by atoms with Gasteiger partial charge in [-0.2, -0.15) is 0 Å². The van der Waals surface area contributed by atoms with Crippen LogP contribution in [0.2, 0.25) is 0 Å². The standard InChI is InChI=1S/C11H17N3O2/c1-3-4-8(2)13-10-5-9(12)6-11(7-10)14(15)16/h5-8,13H,3-4,12H2,1-2H3. The number of nitrogen functional groups attached to an aromatic ring is 1. The molecule has 0 aliphatic rings. The Morgan fingerprint density at radius 3 is 2.75 bits per heavy atom. The minimum Gasteiger partial charge on any atom is -0.398 e. The van der Waals surface area contributed by atoms with Crippen LogP contribution >= 0.6 is 0 Å². The van der Waals surface area contributed by atoms with Crippen LogP contribution < -0.4 is 11.1 Å². The van der Waals surface area contributed by atoms with Crippen molar-refractivity contribution < 1.29 is 4.92 Å². The van der Waals surface area contributed by atoms with Gasteiger partial charge in [0.1, 0.15) is 0 Å². The van der Waals surface area contributed by atoms with Gasteiger partial charge < -0.3 is 11.1 Å². The molecule has 5 nitrogen and oxygen atoms in total. The Morgan fingerprint density at radius 2 is 2.19 bits per heavy atom. The third kappa shape index (κ3) is 3.42. The molecule has 0 fully saturated rings. The van der Waals surface area contributed by atoms with Crippen LogP contribution in [0.25, 0.3) is 0 Å². The predicted molar refractivity (Wildman–Crippen MR) is 65.5 cm³/mol. The number of anilines is 2. The van der Waals surface area contributed by atoms with Crippen LogP contribution in [-0.2, 0) is 0 Å². The zero-order chi connectivity index (χ0) is 12.1. The molecule has 0 saturated heterocycles. The Balaban J connectivity index is 2.84. The summed E-state index contributed by atoms with van der Waals surface area (Å²) in [6.07, 6.45) is 2.08. The fraction of sp³-hybridized carbons (Fsp3) is 0.455. The fourth-order valence-corrected chi connectivity index (χ4v) is 1.61. The lowest BCUT2D eigenvalue weighted by Gasteiger charge is -2.14. The van der Waals surface area contributed by atoms with Crippen molar-refractivity contribution in [1.29, 1.82) is 0 Å². The predicted octanol–water partition coefficient (Wildman–Crippen LogP) is 2.78. The molecule has 1 atom stereocenters. The second-order valence-electron chi connectivity index (χ2n) is 3.90. The van der Waals surface area contributed by atoms with Crippen LogP contribution in [0.3, 0.4) is 0 Å². The minimum absolute atomic E-state index is 0.0196. The lowest BCUT2D eigenvalue weighted by atomic mass is 10.1. The summed E-state index contributed by atoms with van der Waals surface area (Å²) in [6, 6.07) is 4.85. The number of non-ortho nitro benzene ring substituents is 1. The Hall–Kier alpha value is -1.78. The number of hydrogen-bond acceptors (Lipinski definition) is 4. The molecule has 0 heterocycles. The number of nitro groups is 1. The van der Waals surface area contributed by atoms with E-state index in [0.717, 1.165) is 12.8 Å². The molecular formula is C11H17N3O2. The molecule has 0 spiro atoms. The van der Waals surface area contributed by atoms with Gasteiger partial charge >= 0.3 is 0 Å². The van der Waals surface area contributed by atoms with Crippen LogP contribution in [0.4, 0.5) is 17.1 Å². The highest BCUT2D eigenvalue weighted by molar-refractivity contribution is 5.61. The summed E-state index contributed by atoms with van der Waals surface area (Å²) in [7, 11) is 0. The van der Waals surface area contributed by atoms with Crippen LogP contribution in [0.15, 0.2) is 18.2 Å². The normalized spacial score (nSPS) is 12.1. The number of nitrogens with two attached hydrogens (primary N) is 1. The van der Waals surface area contributed by atoms with E-state index in [1.54, 1.807) is 6.07 Å². The summed E-state index contributed by atoms with van der Waals surface area (Å²) in [5.74, 6) is 0. The van der Waals surface area contributed by atoms with Crippen LogP contribution in [0, 0.1) is 10.1 Å². The van der Waals surface area contributed by atoms with E-state index in [-0.39, 0.29) is 11.7 Å². The van der Waals surface area contributed by atoms with Crippen LogP contribution in [0.1, 0.15) is 26.7 Å². The highest BCUT2D eigenvalue weighted by Gasteiger charge is 2.09. The average molecular weight is 223 g/mol. The quantitative estimate of drug-likeness (QED) is 0.457. The molecule has 1 aromatic carbocycles. The SMILES string of the molecule is CCCC(C)Nc1cc(N)cc([N+](=O)[O-])c1. The Kier molecular flexibility index (Phi) is 4.10. The van der Waals surface area contributed by atoms with E-state index in [0.29, 0.717) is 11.4 Å². The van der Waals surface area contributed by atoms with Gasteiger partial charge in [0, 0.05) is 29.5 Å². The smallest absolute Gasteiger partial charge is 0.273 e. The monoisotopic (exact) mass is 223 g/mol. The zero-order valence-corrected chi connectivity index (χ0v) is 9.56. The first kappa shape index (κ1) is 12.3.